The Kier molecular flexibility index (Phi) is 4.03. The molecule has 0 unspecified atom stereocenters. The van der Waals surface area contributed by atoms with Gasteiger partial charge in [0.1, 0.15) is 0 Å². The number of anilines is 1. The Bertz CT molecular complexity index is 912. The molecule has 0 bridgehead atoms. The molecule has 2 aromatic carbocycles. The van der Waals surface area contributed by atoms with E-state index >= 15 is 0 Å². The lowest BCUT2D eigenvalue weighted by molar-refractivity contribution is -0.704. The summed E-state index contributed by atoms with van der Waals surface area (Å²) in [6.07, 6.45) is 3.86. The van der Waals surface area contributed by atoms with Crippen LogP contribution in [0.25, 0.3) is 10.8 Å². The third kappa shape index (κ3) is 3.19. The van der Waals surface area contributed by atoms with Crippen LogP contribution in [0.5, 0.6) is 0 Å². The Morgan fingerprint density at radius 1 is 1.13 bits per heavy atom. The SMILES string of the molecule is C[C@@H](C(=O)Nc1cccc(C#N)c1)[n+]1ccc2ccccc2c1. The normalized spacial score (nSPS) is 11.7. The van der Waals surface area contributed by atoms with E-state index in [1.807, 2.05) is 54.2 Å². The lowest BCUT2D eigenvalue weighted by Crippen LogP contribution is -2.44. The van der Waals surface area contributed by atoms with Crippen LogP contribution in [0.2, 0.25) is 0 Å². The number of hydrogen-bond acceptors (Lipinski definition) is 2. The molecule has 1 amide bonds. The van der Waals surface area contributed by atoms with Crippen molar-refractivity contribution in [3.8, 4) is 6.07 Å². The van der Waals surface area contributed by atoms with Gasteiger partial charge < -0.3 is 5.32 Å². The third-order valence-corrected chi connectivity index (χ3v) is 3.80. The van der Waals surface area contributed by atoms with Gasteiger partial charge in [0, 0.05) is 24.1 Å². The summed E-state index contributed by atoms with van der Waals surface area (Å²) in [6, 6.07) is 18.6. The first kappa shape index (κ1) is 14.7. The first-order valence-electron chi connectivity index (χ1n) is 7.38. The van der Waals surface area contributed by atoms with Crippen LogP contribution in [0, 0.1) is 11.3 Å². The molecule has 3 aromatic rings. The van der Waals surface area contributed by atoms with Crippen LogP contribution in [0.4, 0.5) is 5.69 Å². The molecule has 4 nitrogen and oxygen atoms in total. The van der Waals surface area contributed by atoms with Crippen molar-refractivity contribution in [2.75, 3.05) is 5.32 Å². The van der Waals surface area contributed by atoms with E-state index in [1.54, 1.807) is 24.3 Å². The number of carbonyl (C=O) groups is 1. The molecule has 3 rings (SSSR count). The van der Waals surface area contributed by atoms with Gasteiger partial charge in [-0.2, -0.15) is 9.83 Å². The fourth-order valence-electron chi connectivity index (χ4n) is 2.44. The van der Waals surface area contributed by atoms with Crippen molar-refractivity contribution in [3.05, 3.63) is 72.6 Å². The molecule has 0 saturated heterocycles. The predicted molar refractivity (Wildman–Crippen MR) is 88.6 cm³/mol. The maximum Gasteiger partial charge on any atom is 0.293 e. The number of nitrogens with zero attached hydrogens (tertiary/aromatic N) is 2. The number of benzene rings is 2. The lowest BCUT2D eigenvalue weighted by atomic mass is 10.1. The summed E-state index contributed by atoms with van der Waals surface area (Å²) < 4.78 is 1.88. The molecule has 0 aliphatic carbocycles. The Balaban J connectivity index is 1.81. The number of pyridine rings is 1. The number of aromatic nitrogens is 1. The van der Waals surface area contributed by atoms with Crippen LogP contribution in [0.1, 0.15) is 18.5 Å². The summed E-state index contributed by atoms with van der Waals surface area (Å²) >= 11 is 0. The molecule has 0 aliphatic rings. The summed E-state index contributed by atoms with van der Waals surface area (Å²) in [6.45, 7) is 1.85. The van der Waals surface area contributed by atoms with Crippen molar-refractivity contribution < 1.29 is 9.36 Å². The third-order valence-electron chi connectivity index (χ3n) is 3.80. The smallest absolute Gasteiger partial charge is 0.293 e. The zero-order chi connectivity index (χ0) is 16.2. The summed E-state index contributed by atoms with van der Waals surface area (Å²) in [5.41, 5.74) is 1.15. The molecule has 23 heavy (non-hydrogen) atoms. The highest BCUT2D eigenvalue weighted by atomic mass is 16.2. The molecule has 1 heterocycles. The average Bonchev–Trinajstić information content (AvgIpc) is 2.60. The highest BCUT2D eigenvalue weighted by molar-refractivity contribution is 5.92. The van der Waals surface area contributed by atoms with Crippen molar-refractivity contribution in [3.63, 3.8) is 0 Å². The summed E-state index contributed by atoms with van der Waals surface area (Å²) in [5.74, 6) is -0.125. The standard InChI is InChI=1S/C19H15N3O/c1-14(19(23)21-18-8-4-5-15(11-18)12-20)22-10-9-16-6-2-3-7-17(16)13-22/h2-11,13-14H,1H3/p+1/t14-/m0/s1. The first-order valence-corrected chi connectivity index (χ1v) is 7.38. The van der Waals surface area contributed by atoms with E-state index in [-0.39, 0.29) is 11.9 Å². The Hall–Kier alpha value is -3.19. The molecule has 4 heteroatoms. The maximum absolute atomic E-state index is 12.4. The van der Waals surface area contributed by atoms with Gasteiger partial charge in [0.05, 0.1) is 11.6 Å². The van der Waals surface area contributed by atoms with Gasteiger partial charge in [0.15, 0.2) is 12.4 Å². The summed E-state index contributed by atoms with van der Waals surface area (Å²) in [4.78, 5) is 12.4. The van der Waals surface area contributed by atoms with E-state index in [9.17, 15) is 4.79 Å². The van der Waals surface area contributed by atoms with E-state index < -0.39 is 0 Å². The molecule has 0 fully saturated rings. The van der Waals surface area contributed by atoms with Crippen molar-refractivity contribution >= 4 is 22.4 Å². The van der Waals surface area contributed by atoms with Gasteiger partial charge in [-0.15, -0.1) is 0 Å². The van der Waals surface area contributed by atoms with E-state index in [0.29, 0.717) is 11.3 Å². The number of amides is 1. The molecule has 112 valence electrons. The van der Waals surface area contributed by atoms with Gasteiger partial charge >= 0.3 is 0 Å². The van der Waals surface area contributed by atoms with Gasteiger partial charge in [-0.1, -0.05) is 24.3 Å². The molecule has 1 atom stereocenters. The molecule has 1 N–H and O–H groups in total. The molecule has 1 aromatic heterocycles. The highest BCUT2D eigenvalue weighted by Crippen LogP contribution is 2.13. The van der Waals surface area contributed by atoms with Gasteiger partial charge in [0.25, 0.3) is 5.91 Å². The van der Waals surface area contributed by atoms with Crippen LogP contribution in [0.3, 0.4) is 0 Å². The van der Waals surface area contributed by atoms with Crippen molar-refractivity contribution in [2.24, 2.45) is 0 Å². The van der Waals surface area contributed by atoms with Crippen molar-refractivity contribution in [2.45, 2.75) is 13.0 Å². The molecule has 0 spiro atoms. The van der Waals surface area contributed by atoms with Gasteiger partial charge in [-0.3, -0.25) is 4.79 Å². The predicted octanol–water partition coefficient (Wildman–Crippen LogP) is 3.20. The van der Waals surface area contributed by atoms with Crippen LogP contribution in [-0.2, 0) is 4.79 Å². The topological polar surface area (TPSA) is 56.8 Å². The van der Waals surface area contributed by atoms with Crippen molar-refractivity contribution in [1.82, 2.24) is 0 Å². The fourth-order valence-corrected chi connectivity index (χ4v) is 2.44. The van der Waals surface area contributed by atoms with Crippen LogP contribution < -0.4 is 9.88 Å². The molecule has 0 radical (unpaired) electrons. The van der Waals surface area contributed by atoms with E-state index in [2.05, 4.69) is 11.4 Å². The molecule has 0 saturated carbocycles. The Morgan fingerprint density at radius 2 is 1.91 bits per heavy atom. The number of fused-ring (bicyclic) bond motifs is 1. The van der Waals surface area contributed by atoms with Gasteiger partial charge in [0.2, 0.25) is 6.04 Å². The zero-order valence-electron chi connectivity index (χ0n) is 12.7. The average molecular weight is 302 g/mol. The largest absolute Gasteiger partial charge is 0.320 e. The number of carbonyl (C=O) groups excluding carboxylic acids is 1. The van der Waals surface area contributed by atoms with E-state index in [0.717, 1.165) is 10.8 Å². The minimum Gasteiger partial charge on any atom is -0.320 e. The highest BCUT2D eigenvalue weighted by Gasteiger charge is 2.22. The minimum absolute atomic E-state index is 0.125. The fraction of sp³-hybridized carbons (Fsp3) is 0.105. The number of rotatable bonds is 3. The number of nitrogens with one attached hydrogen (secondary N) is 1. The number of nitriles is 1. The monoisotopic (exact) mass is 302 g/mol. The second kappa shape index (κ2) is 6.29. The zero-order valence-corrected chi connectivity index (χ0v) is 12.7. The lowest BCUT2D eigenvalue weighted by Gasteiger charge is -2.09. The van der Waals surface area contributed by atoms with Gasteiger partial charge in [-0.05, 0) is 29.7 Å². The first-order chi connectivity index (χ1) is 11.2. The molecule has 0 aliphatic heterocycles. The minimum atomic E-state index is -0.356. The Morgan fingerprint density at radius 3 is 2.70 bits per heavy atom. The quantitative estimate of drug-likeness (QED) is 0.755. The van der Waals surface area contributed by atoms with E-state index in [4.69, 9.17) is 5.26 Å². The van der Waals surface area contributed by atoms with E-state index in [1.165, 1.54) is 0 Å². The van der Waals surface area contributed by atoms with Crippen LogP contribution >= 0.6 is 0 Å². The Labute approximate surface area is 134 Å². The summed E-state index contributed by atoms with van der Waals surface area (Å²) in [5, 5.41) is 14.0. The van der Waals surface area contributed by atoms with Crippen LogP contribution in [0.15, 0.2) is 67.0 Å². The van der Waals surface area contributed by atoms with Crippen molar-refractivity contribution in [1.29, 1.82) is 5.26 Å². The second-order valence-electron chi connectivity index (χ2n) is 5.38. The maximum atomic E-state index is 12.4. The molecular formula is C19H16N3O+. The van der Waals surface area contributed by atoms with Gasteiger partial charge in [-0.25, -0.2) is 0 Å². The molecular weight excluding hydrogens is 286 g/mol. The second-order valence-corrected chi connectivity index (χ2v) is 5.38. The van der Waals surface area contributed by atoms with Crippen LogP contribution in [-0.4, -0.2) is 5.91 Å². The summed E-state index contributed by atoms with van der Waals surface area (Å²) in [7, 11) is 0. The number of hydrogen-bond donors (Lipinski definition) is 1.